The fourth-order valence-electron chi connectivity index (χ4n) is 2.21. The van der Waals surface area contributed by atoms with E-state index < -0.39 is 0 Å². The number of nitrogens with zero attached hydrogens (tertiary/aromatic N) is 1. The van der Waals surface area contributed by atoms with Gasteiger partial charge in [-0.25, -0.2) is 0 Å². The van der Waals surface area contributed by atoms with E-state index in [0.717, 1.165) is 25.7 Å². The maximum atomic E-state index is 11.6. The van der Waals surface area contributed by atoms with Crippen molar-refractivity contribution in [2.24, 2.45) is 17.6 Å². The molecule has 4 heteroatoms. The van der Waals surface area contributed by atoms with Crippen molar-refractivity contribution in [2.45, 2.75) is 38.6 Å². The number of nitrogens with two attached hydrogens (primary N) is 1. The van der Waals surface area contributed by atoms with Crippen molar-refractivity contribution in [1.82, 2.24) is 4.90 Å². The van der Waals surface area contributed by atoms with Gasteiger partial charge in [0.05, 0.1) is 11.8 Å². The molecule has 1 aliphatic heterocycles. The summed E-state index contributed by atoms with van der Waals surface area (Å²) in [7, 11) is 0. The van der Waals surface area contributed by atoms with Crippen LogP contribution >= 0.6 is 0 Å². The van der Waals surface area contributed by atoms with Gasteiger partial charge in [0.2, 0.25) is 11.8 Å². The average molecular weight is 210 g/mol. The molecule has 1 saturated carbocycles. The van der Waals surface area contributed by atoms with Gasteiger partial charge in [0.25, 0.3) is 0 Å². The summed E-state index contributed by atoms with van der Waals surface area (Å²) in [6.45, 7) is 2.57. The molecule has 2 aliphatic rings. The van der Waals surface area contributed by atoms with Crippen LogP contribution in [-0.4, -0.2) is 29.3 Å². The zero-order valence-corrected chi connectivity index (χ0v) is 9.11. The van der Waals surface area contributed by atoms with Crippen LogP contribution in [-0.2, 0) is 9.59 Å². The normalized spacial score (nSPS) is 30.7. The van der Waals surface area contributed by atoms with Gasteiger partial charge in [0.15, 0.2) is 0 Å². The van der Waals surface area contributed by atoms with Gasteiger partial charge >= 0.3 is 0 Å². The first-order chi connectivity index (χ1) is 7.11. The molecule has 2 rings (SSSR count). The Bertz CT molecular complexity index is 268. The summed E-state index contributed by atoms with van der Waals surface area (Å²) in [4.78, 5) is 24.6. The molecule has 1 saturated heterocycles. The molecular weight excluding hydrogens is 192 g/mol. The number of unbranched alkanes of at least 4 members (excludes halogenated alkanes) is 1. The Hall–Kier alpha value is -0.900. The second kappa shape index (κ2) is 3.93. The van der Waals surface area contributed by atoms with E-state index in [2.05, 4.69) is 0 Å². The van der Waals surface area contributed by atoms with E-state index in [1.54, 1.807) is 0 Å². The molecule has 0 radical (unpaired) electrons. The lowest BCUT2D eigenvalue weighted by Crippen LogP contribution is -2.33. The molecule has 0 aromatic rings. The van der Waals surface area contributed by atoms with Crippen LogP contribution < -0.4 is 5.73 Å². The number of amides is 2. The van der Waals surface area contributed by atoms with Crippen LogP contribution in [0.4, 0.5) is 0 Å². The summed E-state index contributed by atoms with van der Waals surface area (Å²) < 4.78 is 0. The average Bonchev–Trinajstić information content (AvgIpc) is 2.90. The van der Waals surface area contributed by atoms with Crippen LogP contribution in [0.1, 0.15) is 32.6 Å². The molecule has 2 fully saturated rings. The number of likely N-dealkylation sites (tertiary alicyclic amines) is 1. The third kappa shape index (κ3) is 2.04. The molecule has 15 heavy (non-hydrogen) atoms. The minimum absolute atomic E-state index is 0.0472. The van der Waals surface area contributed by atoms with Gasteiger partial charge in [-0.15, -0.1) is 0 Å². The Labute approximate surface area is 89.8 Å². The van der Waals surface area contributed by atoms with E-state index in [4.69, 9.17) is 5.73 Å². The molecule has 3 atom stereocenters. The first-order valence-electron chi connectivity index (χ1n) is 5.72. The molecule has 84 valence electrons. The number of rotatable bonds is 5. The van der Waals surface area contributed by atoms with Gasteiger partial charge in [0.1, 0.15) is 0 Å². The molecule has 0 bridgehead atoms. The van der Waals surface area contributed by atoms with Gasteiger partial charge in [-0.05, 0) is 26.2 Å². The summed E-state index contributed by atoms with van der Waals surface area (Å²) >= 11 is 0. The van der Waals surface area contributed by atoms with Gasteiger partial charge in [-0.1, -0.05) is 6.42 Å². The standard InChI is InChI=1S/C11H18N2O2/c1-7(12)4-2-3-5-13-10(14)8-6-9(8)11(13)15/h7-9H,2-6,12H2,1H3. The summed E-state index contributed by atoms with van der Waals surface area (Å²) in [5.41, 5.74) is 5.62. The van der Waals surface area contributed by atoms with Crippen molar-refractivity contribution in [3.63, 3.8) is 0 Å². The first kappa shape index (κ1) is 10.6. The Morgan fingerprint density at radius 2 is 1.93 bits per heavy atom. The molecule has 1 aliphatic carbocycles. The summed E-state index contributed by atoms with van der Waals surface area (Å²) in [6.07, 6.45) is 3.64. The maximum Gasteiger partial charge on any atom is 0.233 e. The lowest BCUT2D eigenvalue weighted by molar-refractivity contribution is -0.141. The van der Waals surface area contributed by atoms with Crippen molar-refractivity contribution < 1.29 is 9.59 Å². The van der Waals surface area contributed by atoms with Crippen molar-refractivity contribution in [2.75, 3.05) is 6.54 Å². The molecule has 1 heterocycles. The number of piperidine rings is 1. The van der Waals surface area contributed by atoms with E-state index >= 15 is 0 Å². The molecular formula is C11H18N2O2. The topological polar surface area (TPSA) is 63.4 Å². The highest BCUT2D eigenvalue weighted by Crippen LogP contribution is 2.46. The molecule has 2 N–H and O–H groups in total. The number of carbonyl (C=O) groups is 2. The zero-order valence-electron chi connectivity index (χ0n) is 9.11. The monoisotopic (exact) mass is 210 g/mol. The second-order valence-electron chi connectivity index (χ2n) is 4.75. The molecule has 0 spiro atoms. The van der Waals surface area contributed by atoms with E-state index in [1.165, 1.54) is 4.90 Å². The van der Waals surface area contributed by atoms with Crippen LogP contribution in [0.3, 0.4) is 0 Å². The Balaban J connectivity index is 1.71. The molecule has 2 amide bonds. The van der Waals surface area contributed by atoms with Crippen LogP contribution in [0.25, 0.3) is 0 Å². The lowest BCUT2D eigenvalue weighted by Gasteiger charge is -2.16. The highest BCUT2D eigenvalue weighted by Gasteiger charge is 2.58. The smallest absolute Gasteiger partial charge is 0.233 e. The first-order valence-corrected chi connectivity index (χ1v) is 5.72. The van der Waals surface area contributed by atoms with Crippen molar-refractivity contribution >= 4 is 11.8 Å². The fraction of sp³-hybridized carbons (Fsp3) is 0.818. The van der Waals surface area contributed by atoms with Crippen molar-refractivity contribution in [3.05, 3.63) is 0 Å². The highest BCUT2D eigenvalue weighted by atomic mass is 16.2. The number of hydrogen-bond acceptors (Lipinski definition) is 3. The molecule has 3 unspecified atom stereocenters. The fourth-order valence-corrected chi connectivity index (χ4v) is 2.21. The molecule has 0 aromatic heterocycles. The van der Waals surface area contributed by atoms with Crippen LogP contribution in [0.2, 0.25) is 0 Å². The van der Waals surface area contributed by atoms with Gasteiger partial charge < -0.3 is 5.73 Å². The third-order valence-corrected chi connectivity index (χ3v) is 3.25. The van der Waals surface area contributed by atoms with E-state index in [0.29, 0.717) is 6.54 Å². The van der Waals surface area contributed by atoms with Crippen molar-refractivity contribution in [1.29, 1.82) is 0 Å². The number of fused-ring (bicyclic) bond motifs is 1. The third-order valence-electron chi connectivity index (χ3n) is 3.25. The molecule has 0 aromatic carbocycles. The Kier molecular flexibility index (Phi) is 2.78. The van der Waals surface area contributed by atoms with E-state index in [9.17, 15) is 9.59 Å². The lowest BCUT2D eigenvalue weighted by atomic mass is 10.1. The van der Waals surface area contributed by atoms with Gasteiger partial charge in [-0.3, -0.25) is 14.5 Å². The predicted molar refractivity (Wildman–Crippen MR) is 55.8 cm³/mol. The Morgan fingerprint density at radius 1 is 1.33 bits per heavy atom. The Morgan fingerprint density at radius 3 is 2.47 bits per heavy atom. The minimum atomic E-state index is 0.0472. The second-order valence-corrected chi connectivity index (χ2v) is 4.75. The van der Waals surface area contributed by atoms with E-state index in [-0.39, 0.29) is 29.7 Å². The quantitative estimate of drug-likeness (QED) is 0.531. The van der Waals surface area contributed by atoms with Crippen molar-refractivity contribution in [3.8, 4) is 0 Å². The number of imide groups is 1. The summed E-state index contributed by atoms with van der Waals surface area (Å²) in [5.74, 6) is 0.216. The van der Waals surface area contributed by atoms with Crippen LogP contribution in [0.5, 0.6) is 0 Å². The predicted octanol–water partition coefficient (Wildman–Crippen LogP) is 0.509. The van der Waals surface area contributed by atoms with E-state index in [1.807, 2.05) is 6.92 Å². The zero-order chi connectivity index (χ0) is 11.0. The van der Waals surface area contributed by atoms with Crippen LogP contribution in [0, 0.1) is 11.8 Å². The summed E-state index contributed by atoms with van der Waals surface area (Å²) in [5, 5.41) is 0. The maximum absolute atomic E-state index is 11.6. The summed E-state index contributed by atoms with van der Waals surface area (Å²) in [6, 6.07) is 0.211. The highest BCUT2D eigenvalue weighted by molar-refractivity contribution is 6.08. The SMILES string of the molecule is CC(N)CCCCN1C(=O)C2CC2C1=O. The number of carbonyl (C=O) groups excluding carboxylic acids is 2. The van der Waals surface area contributed by atoms with Gasteiger partial charge in [-0.2, -0.15) is 0 Å². The van der Waals surface area contributed by atoms with Gasteiger partial charge in [0, 0.05) is 12.6 Å². The largest absolute Gasteiger partial charge is 0.328 e. The van der Waals surface area contributed by atoms with Crippen LogP contribution in [0.15, 0.2) is 0 Å². The minimum Gasteiger partial charge on any atom is -0.328 e. The number of hydrogen-bond donors (Lipinski definition) is 1. The molecule has 4 nitrogen and oxygen atoms in total.